The third kappa shape index (κ3) is 3.45. The Morgan fingerprint density at radius 2 is 2.06 bits per heavy atom. The van der Waals surface area contributed by atoms with Crippen molar-refractivity contribution in [3.8, 4) is 0 Å². The topological polar surface area (TPSA) is 56.7 Å². The zero-order valence-corrected chi connectivity index (χ0v) is 11.4. The molecule has 5 heteroatoms. The van der Waals surface area contributed by atoms with Crippen molar-refractivity contribution in [1.29, 1.82) is 0 Å². The van der Waals surface area contributed by atoms with Crippen molar-refractivity contribution in [1.82, 2.24) is 14.8 Å². The first-order chi connectivity index (χ1) is 8.31. The lowest BCUT2D eigenvalue weighted by atomic mass is 9.88. The van der Waals surface area contributed by atoms with Gasteiger partial charge in [0.1, 0.15) is 5.82 Å². The minimum atomic E-state index is 0.465. The zero-order valence-electron chi connectivity index (χ0n) is 10.6. The van der Waals surface area contributed by atoms with Crippen LogP contribution in [0.1, 0.15) is 44.3 Å². The number of nitrogens with two attached hydrogens (primary N) is 1. The Hall–Kier alpha value is -0.550. The van der Waals surface area contributed by atoms with Gasteiger partial charge in [0.15, 0.2) is 5.16 Å². The van der Waals surface area contributed by atoms with Crippen LogP contribution in [-0.4, -0.2) is 20.5 Å². The number of aromatic nitrogens is 3. The summed E-state index contributed by atoms with van der Waals surface area (Å²) < 4.78 is 2.01. The summed E-state index contributed by atoms with van der Waals surface area (Å²) in [7, 11) is 1.99. The Morgan fingerprint density at radius 1 is 1.29 bits per heavy atom. The van der Waals surface area contributed by atoms with E-state index in [4.69, 9.17) is 5.73 Å². The first-order valence-electron chi connectivity index (χ1n) is 6.52. The first-order valence-corrected chi connectivity index (χ1v) is 7.51. The third-order valence-electron chi connectivity index (χ3n) is 3.59. The lowest BCUT2D eigenvalue weighted by Gasteiger charge is -2.20. The lowest BCUT2D eigenvalue weighted by Crippen LogP contribution is -2.08. The van der Waals surface area contributed by atoms with Gasteiger partial charge in [0.25, 0.3) is 0 Å². The predicted octanol–water partition coefficient (Wildman–Crippen LogP) is 2.34. The normalized spacial score (nSPS) is 17.5. The fourth-order valence-corrected chi connectivity index (χ4v) is 3.47. The fourth-order valence-electron chi connectivity index (χ4n) is 2.44. The highest BCUT2D eigenvalue weighted by atomic mass is 32.2. The van der Waals surface area contributed by atoms with E-state index in [0.29, 0.717) is 6.54 Å². The Balaban J connectivity index is 1.75. The Labute approximate surface area is 107 Å². The average molecular weight is 254 g/mol. The summed E-state index contributed by atoms with van der Waals surface area (Å²) in [5.41, 5.74) is 5.58. The summed E-state index contributed by atoms with van der Waals surface area (Å²) in [4.78, 5) is 0. The van der Waals surface area contributed by atoms with E-state index in [1.165, 1.54) is 38.5 Å². The van der Waals surface area contributed by atoms with E-state index in [1.807, 2.05) is 23.4 Å². The van der Waals surface area contributed by atoms with Crippen molar-refractivity contribution < 1.29 is 0 Å². The van der Waals surface area contributed by atoms with Crippen LogP contribution in [0, 0.1) is 5.92 Å². The van der Waals surface area contributed by atoms with Crippen LogP contribution in [0.15, 0.2) is 5.16 Å². The summed E-state index contributed by atoms with van der Waals surface area (Å²) >= 11 is 1.81. The van der Waals surface area contributed by atoms with Crippen molar-refractivity contribution in [3.05, 3.63) is 5.82 Å². The summed E-state index contributed by atoms with van der Waals surface area (Å²) in [5, 5.41) is 9.23. The van der Waals surface area contributed by atoms with Crippen LogP contribution in [-0.2, 0) is 13.6 Å². The monoisotopic (exact) mass is 254 g/mol. The highest BCUT2D eigenvalue weighted by molar-refractivity contribution is 7.99. The van der Waals surface area contributed by atoms with Gasteiger partial charge in [0, 0.05) is 12.8 Å². The Kier molecular flexibility index (Phi) is 4.86. The molecule has 0 aromatic carbocycles. The number of thioether (sulfide) groups is 1. The van der Waals surface area contributed by atoms with Crippen LogP contribution in [0.2, 0.25) is 0 Å². The maximum atomic E-state index is 5.58. The van der Waals surface area contributed by atoms with E-state index >= 15 is 0 Å². The smallest absolute Gasteiger partial charge is 0.190 e. The fraction of sp³-hybridized carbons (Fsp3) is 0.833. The van der Waals surface area contributed by atoms with Crippen molar-refractivity contribution in [2.45, 2.75) is 50.2 Å². The van der Waals surface area contributed by atoms with Crippen LogP contribution in [0.25, 0.3) is 0 Å². The van der Waals surface area contributed by atoms with Gasteiger partial charge in [-0.2, -0.15) is 0 Å². The van der Waals surface area contributed by atoms with Gasteiger partial charge in [-0.05, 0) is 12.3 Å². The molecule has 2 N–H and O–H groups in total. The number of hydrogen-bond donors (Lipinski definition) is 1. The highest BCUT2D eigenvalue weighted by Gasteiger charge is 2.14. The molecule has 96 valence electrons. The number of hydrogen-bond acceptors (Lipinski definition) is 4. The third-order valence-corrected chi connectivity index (χ3v) is 4.64. The molecule has 0 bridgehead atoms. The Bertz CT molecular complexity index is 344. The van der Waals surface area contributed by atoms with E-state index in [0.717, 1.165) is 22.7 Å². The summed E-state index contributed by atoms with van der Waals surface area (Å²) in [6.07, 6.45) is 8.45. The maximum Gasteiger partial charge on any atom is 0.190 e. The van der Waals surface area contributed by atoms with Gasteiger partial charge in [-0.15, -0.1) is 10.2 Å². The molecule has 2 rings (SSSR count). The standard InChI is InChI=1S/C12H22N4S/c1-16-11(9-13)14-15-12(16)17-8-7-10-5-3-2-4-6-10/h10H,2-9,13H2,1H3. The zero-order chi connectivity index (χ0) is 12.1. The van der Waals surface area contributed by atoms with Gasteiger partial charge in [0.2, 0.25) is 0 Å². The molecule has 0 atom stereocenters. The summed E-state index contributed by atoms with van der Waals surface area (Å²) in [6, 6.07) is 0. The molecule has 1 aromatic heterocycles. The predicted molar refractivity (Wildman–Crippen MR) is 70.8 cm³/mol. The molecule has 1 fully saturated rings. The van der Waals surface area contributed by atoms with Crippen LogP contribution in [0.4, 0.5) is 0 Å². The van der Waals surface area contributed by atoms with Crippen molar-refractivity contribution in [3.63, 3.8) is 0 Å². The van der Waals surface area contributed by atoms with Crippen molar-refractivity contribution in [2.75, 3.05) is 5.75 Å². The molecule has 1 aliphatic carbocycles. The lowest BCUT2D eigenvalue weighted by molar-refractivity contribution is 0.351. The molecule has 0 amide bonds. The molecule has 1 saturated carbocycles. The van der Waals surface area contributed by atoms with E-state index in [9.17, 15) is 0 Å². The molecule has 4 nitrogen and oxygen atoms in total. The molecule has 17 heavy (non-hydrogen) atoms. The van der Waals surface area contributed by atoms with Crippen LogP contribution in [0.3, 0.4) is 0 Å². The second kappa shape index (κ2) is 6.40. The van der Waals surface area contributed by atoms with Gasteiger partial charge in [-0.3, -0.25) is 0 Å². The molecule has 0 unspecified atom stereocenters. The van der Waals surface area contributed by atoms with Crippen LogP contribution in [0.5, 0.6) is 0 Å². The second-order valence-electron chi connectivity index (χ2n) is 4.80. The molecular weight excluding hydrogens is 232 g/mol. The molecule has 1 heterocycles. The SMILES string of the molecule is Cn1c(CN)nnc1SCCC1CCCCC1. The van der Waals surface area contributed by atoms with Gasteiger partial charge in [0.05, 0.1) is 6.54 Å². The van der Waals surface area contributed by atoms with Crippen molar-refractivity contribution >= 4 is 11.8 Å². The minimum Gasteiger partial charge on any atom is -0.324 e. The molecule has 0 aliphatic heterocycles. The maximum absolute atomic E-state index is 5.58. The molecule has 0 saturated heterocycles. The highest BCUT2D eigenvalue weighted by Crippen LogP contribution is 2.28. The molecular formula is C12H22N4S. The second-order valence-corrected chi connectivity index (χ2v) is 5.87. The number of rotatable bonds is 5. The Morgan fingerprint density at radius 3 is 2.71 bits per heavy atom. The summed E-state index contributed by atoms with van der Waals surface area (Å²) in [6.45, 7) is 0.465. The van der Waals surface area contributed by atoms with Gasteiger partial charge in [-0.25, -0.2) is 0 Å². The first kappa shape index (κ1) is 12.9. The summed E-state index contributed by atoms with van der Waals surface area (Å²) in [5.74, 6) is 2.96. The molecule has 0 radical (unpaired) electrons. The van der Waals surface area contributed by atoms with Gasteiger partial charge < -0.3 is 10.3 Å². The van der Waals surface area contributed by atoms with E-state index in [2.05, 4.69) is 10.2 Å². The molecule has 0 spiro atoms. The quantitative estimate of drug-likeness (QED) is 0.819. The van der Waals surface area contributed by atoms with E-state index in [1.54, 1.807) is 0 Å². The van der Waals surface area contributed by atoms with Crippen LogP contribution < -0.4 is 5.73 Å². The van der Waals surface area contributed by atoms with Gasteiger partial charge in [-0.1, -0.05) is 43.9 Å². The van der Waals surface area contributed by atoms with E-state index < -0.39 is 0 Å². The minimum absolute atomic E-state index is 0.465. The molecule has 1 aliphatic rings. The van der Waals surface area contributed by atoms with Crippen molar-refractivity contribution in [2.24, 2.45) is 18.7 Å². The van der Waals surface area contributed by atoms with Gasteiger partial charge >= 0.3 is 0 Å². The van der Waals surface area contributed by atoms with Crippen LogP contribution >= 0.6 is 11.8 Å². The average Bonchev–Trinajstić information content (AvgIpc) is 2.72. The molecule has 1 aromatic rings. The number of nitrogens with zero attached hydrogens (tertiary/aromatic N) is 3. The largest absolute Gasteiger partial charge is 0.324 e. The van der Waals surface area contributed by atoms with E-state index in [-0.39, 0.29) is 0 Å².